The number of carbonyl (C=O) groups is 1. The molecular formula is C13H13BrFNO. The van der Waals surface area contributed by atoms with E-state index < -0.39 is 0 Å². The Labute approximate surface area is 108 Å². The Morgan fingerprint density at radius 3 is 2.76 bits per heavy atom. The van der Waals surface area contributed by atoms with Crippen LogP contribution in [-0.2, 0) is 6.54 Å². The van der Waals surface area contributed by atoms with Gasteiger partial charge in [-0.2, -0.15) is 0 Å². The van der Waals surface area contributed by atoms with Crippen molar-refractivity contribution in [1.29, 1.82) is 0 Å². The maximum Gasteiger partial charge on any atom is 0.152 e. The van der Waals surface area contributed by atoms with Gasteiger partial charge in [-0.15, -0.1) is 0 Å². The van der Waals surface area contributed by atoms with Crippen LogP contribution in [0.2, 0.25) is 0 Å². The van der Waals surface area contributed by atoms with Crippen LogP contribution in [0.4, 0.5) is 4.39 Å². The molecule has 1 heterocycles. The standard InChI is InChI=1S/C13H13BrFNO/c1-8(2)5-16-6-9(7-17)10-3-12(15)11(14)4-13(10)16/h3-4,6-8H,5H2,1-2H3. The molecule has 17 heavy (non-hydrogen) atoms. The summed E-state index contributed by atoms with van der Waals surface area (Å²) in [4.78, 5) is 11.0. The van der Waals surface area contributed by atoms with E-state index in [0.29, 0.717) is 21.3 Å². The minimum Gasteiger partial charge on any atom is -0.346 e. The molecule has 0 aliphatic rings. The summed E-state index contributed by atoms with van der Waals surface area (Å²) in [6.45, 7) is 5.01. The lowest BCUT2D eigenvalue weighted by atomic mass is 10.2. The number of aldehydes is 1. The highest BCUT2D eigenvalue weighted by Gasteiger charge is 2.12. The van der Waals surface area contributed by atoms with E-state index >= 15 is 0 Å². The fourth-order valence-electron chi connectivity index (χ4n) is 1.95. The molecule has 2 nitrogen and oxygen atoms in total. The molecule has 0 bridgehead atoms. The highest BCUT2D eigenvalue weighted by Crippen LogP contribution is 2.27. The second kappa shape index (κ2) is 4.61. The van der Waals surface area contributed by atoms with Gasteiger partial charge in [0.1, 0.15) is 5.82 Å². The highest BCUT2D eigenvalue weighted by molar-refractivity contribution is 9.10. The molecule has 0 amide bonds. The van der Waals surface area contributed by atoms with Crippen molar-refractivity contribution in [2.45, 2.75) is 20.4 Å². The number of hydrogen-bond donors (Lipinski definition) is 0. The predicted octanol–water partition coefficient (Wildman–Crippen LogP) is 4.01. The summed E-state index contributed by atoms with van der Waals surface area (Å²) < 4.78 is 15.9. The number of hydrogen-bond acceptors (Lipinski definition) is 1. The second-order valence-corrected chi connectivity index (χ2v) is 5.39. The lowest BCUT2D eigenvalue weighted by molar-refractivity contribution is 0.112. The number of rotatable bonds is 3. The molecule has 1 aromatic carbocycles. The number of fused-ring (bicyclic) bond motifs is 1. The van der Waals surface area contributed by atoms with E-state index in [4.69, 9.17) is 0 Å². The van der Waals surface area contributed by atoms with Gasteiger partial charge in [0.15, 0.2) is 6.29 Å². The van der Waals surface area contributed by atoms with Crippen LogP contribution in [0.3, 0.4) is 0 Å². The molecule has 0 aliphatic heterocycles. The third kappa shape index (κ3) is 2.27. The van der Waals surface area contributed by atoms with Gasteiger partial charge < -0.3 is 4.57 Å². The van der Waals surface area contributed by atoms with Crippen LogP contribution in [0.25, 0.3) is 10.9 Å². The molecule has 0 spiro atoms. The molecule has 0 saturated heterocycles. The van der Waals surface area contributed by atoms with Crippen LogP contribution in [0, 0.1) is 11.7 Å². The second-order valence-electron chi connectivity index (χ2n) is 4.53. The van der Waals surface area contributed by atoms with Gasteiger partial charge in [-0.25, -0.2) is 4.39 Å². The summed E-state index contributed by atoms with van der Waals surface area (Å²) in [5.41, 5.74) is 1.42. The molecule has 2 rings (SSSR count). The quantitative estimate of drug-likeness (QED) is 0.785. The lowest BCUT2D eigenvalue weighted by Crippen LogP contribution is -2.02. The Hall–Kier alpha value is -1.16. The van der Waals surface area contributed by atoms with Crippen molar-refractivity contribution in [3.63, 3.8) is 0 Å². The average Bonchev–Trinajstić information content (AvgIpc) is 2.57. The first-order valence-electron chi connectivity index (χ1n) is 5.46. The molecular weight excluding hydrogens is 285 g/mol. The van der Waals surface area contributed by atoms with Gasteiger partial charge in [-0.1, -0.05) is 13.8 Å². The van der Waals surface area contributed by atoms with Crippen molar-refractivity contribution in [2.75, 3.05) is 0 Å². The number of carbonyl (C=O) groups excluding carboxylic acids is 1. The third-order valence-electron chi connectivity index (χ3n) is 2.64. The molecule has 2 aromatic rings. The first-order chi connectivity index (χ1) is 8.02. The Morgan fingerprint density at radius 1 is 1.47 bits per heavy atom. The molecule has 0 N–H and O–H groups in total. The van der Waals surface area contributed by atoms with E-state index in [2.05, 4.69) is 29.8 Å². The van der Waals surface area contributed by atoms with E-state index in [1.54, 1.807) is 12.3 Å². The summed E-state index contributed by atoms with van der Waals surface area (Å²) >= 11 is 3.17. The SMILES string of the molecule is CC(C)Cn1cc(C=O)c2cc(F)c(Br)cc21. The average molecular weight is 298 g/mol. The van der Waals surface area contributed by atoms with Gasteiger partial charge in [0.05, 0.1) is 9.99 Å². The maximum absolute atomic E-state index is 13.5. The normalized spacial score (nSPS) is 11.4. The fourth-order valence-corrected chi connectivity index (χ4v) is 2.28. The van der Waals surface area contributed by atoms with Gasteiger partial charge in [-0.3, -0.25) is 4.79 Å². The van der Waals surface area contributed by atoms with E-state index in [0.717, 1.165) is 18.3 Å². The van der Waals surface area contributed by atoms with Crippen molar-refractivity contribution in [2.24, 2.45) is 5.92 Å². The zero-order valence-corrected chi connectivity index (χ0v) is 11.3. The summed E-state index contributed by atoms with van der Waals surface area (Å²) in [6, 6.07) is 3.13. The number of aromatic nitrogens is 1. The molecule has 0 fully saturated rings. The number of benzene rings is 1. The van der Waals surface area contributed by atoms with E-state index in [-0.39, 0.29) is 5.82 Å². The Kier molecular flexibility index (Phi) is 3.33. The van der Waals surface area contributed by atoms with E-state index in [9.17, 15) is 9.18 Å². The summed E-state index contributed by atoms with van der Waals surface area (Å²) in [5.74, 6) is 0.122. The molecule has 0 radical (unpaired) electrons. The Bertz CT molecular complexity index is 574. The molecule has 0 atom stereocenters. The van der Waals surface area contributed by atoms with Crippen molar-refractivity contribution >= 4 is 33.1 Å². The van der Waals surface area contributed by atoms with Crippen LogP contribution >= 0.6 is 15.9 Å². The first kappa shape index (κ1) is 12.3. The topological polar surface area (TPSA) is 22.0 Å². The largest absolute Gasteiger partial charge is 0.346 e. The monoisotopic (exact) mass is 297 g/mol. The Balaban J connectivity index is 2.69. The maximum atomic E-state index is 13.5. The van der Waals surface area contributed by atoms with E-state index in [1.807, 2.05) is 4.57 Å². The summed E-state index contributed by atoms with van der Waals surface area (Å²) in [6.07, 6.45) is 2.55. The van der Waals surface area contributed by atoms with Crippen molar-refractivity contribution in [3.05, 3.63) is 34.2 Å². The Morgan fingerprint density at radius 2 is 2.18 bits per heavy atom. The molecule has 1 aromatic heterocycles. The molecule has 0 unspecified atom stereocenters. The summed E-state index contributed by atoms with van der Waals surface area (Å²) in [7, 11) is 0. The van der Waals surface area contributed by atoms with Gasteiger partial charge >= 0.3 is 0 Å². The minimum absolute atomic E-state index is 0.345. The van der Waals surface area contributed by atoms with Gasteiger partial charge in [0.25, 0.3) is 0 Å². The highest BCUT2D eigenvalue weighted by atomic mass is 79.9. The molecule has 0 aliphatic carbocycles. The first-order valence-corrected chi connectivity index (χ1v) is 6.25. The molecule has 4 heteroatoms. The molecule has 0 saturated carbocycles. The minimum atomic E-state index is -0.345. The van der Waals surface area contributed by atoms with Crippen LogP contribution in [0.1, 0.15) is 24.2 Å². The lowest BCUT2D eigenvalue weighted by Gasteiger charge is -2.08. The van der Waals surface area contributed by atoms with Gasteiger partial charge in [-0.05, 0) is 34.0 Å². The molecule has 90 valence electrons. The van der Waals surface area contributed by atoms with Crippen LogP contribution < -0.4 is 0 Å². The fraction of sp³-hybridized carbons (Fsp3) is 0.308. The third-order valence-corrected chi connectivity index (χ3v) is 3.25. The van der Waals surface area contributed by atoms with Crippen molar-refractivity contribution < 1.29 is 9.18 Å². The summed E-state index contributed by atoms with van der Waals surface area (Å²) in [5, 5.41) is 0.668. The van der Waals surface area contributed by atoms with Crippen LogP contribution in [-0.4, -0.2) is 10.9 Å². The predicted molar refractivity (Wildman–Crippen MR) is 69.8 cm³/mol. The van der Waals surface area contributed by atoms with Gasteiger partial charge in [0, 0.05) is 23.7 Å². The zero-order chi connectivity index (χ0) is 12.6. The number of halogens is 2. The van der Waals surface area contributed by atoms with E-state index in [1.165, 1.54) is 6.07 Å². The smallest absolute Gasteiger partial charge is 0.152 e. The van der Waals surface area contributed by atoms with Crippen LogP contribution in [0.15, 0.2) is 22.8 Å². The van der Waals surface area contributed by atoms with Crippen LogP contribution in [0.5, 0.6) is 0 Å². The van der Waals surface area contributed by atoms with Gasteiger partial charge in [0.2, 0.25) is 0 Å². The zero-order valence-electron chi connectivity index (χ0n) is 9.71. The van der Waals surface area contributed by atoms with Crippen molar-refractivity contribution in [3.8, 4) is 0 Å². The van der Waals surface area contributed by atoms with Crippen molar-refractivity contribution in [1.82, 2.24) is 4.57 Å². The number of nitrogens with zero attached hydrogens (tertiary/aromatic N) is 1.